The van der Waals surface area contributed by atoms with E-state index in [-0.39, 0.29) is 12.5 Å². The van der Waals surface area contributed by atoms with Gasteiger partial charge < -0.3 is 14.8 Å². The van der Waals surface area contributed by atoms with Gasteiger partial charge in [0.15, 0.2) is 18.1 Å². The first-order valence-corrected chi connectivity index (χ1v) is 9.73. The molecule has 0 saturated heterocycles. The molecule has 154 valence electrons. The van der Waals surface area contributed by atoms with Crippen LogP contribution in [0.2, 0.25) is 0 Å². The minimum Gasteiger partial charge on any atom is -0.493 e. The third-order valence-electron chi connectivity index (χ3n) is 4.24. The van der Waals surface area contributed by atoms with E-state index in [1.807, 2.05) is 84.7 Å². The van der Waals surface area contributed by atoms with E-state index in [4.69, 9.17) is 9.47 Å². The first kappa shape index (κ1) is 20.9. The number of para-hydroxylation sites is 2. The molecule has 0 saturated carbocycles. The zero-order chi connectivity index (χ0) is 21.2. The molecule has 0 aliphatic carbocycles. The number of carbonyl (C=O) groups is 1. The molecule has 6 nitrogen and oxygen atoms in total. The molecule has 0 aromatic heterocycles. The molecule has 3 aromatic carbocycles. The van der Waals surface area contributed by atoms with Crippen molar-refractivity contribution in [2.45, 2.75) is 6.92 Å². The molecule has 6 heteroatoms. The Hall–Kier alpha value is -3.80. The van der Waals surface area contributed by atoms with Crippen LogP contribution in [0.3, 0.4) is 0 Å². The summed E-state index contributed by atoms with van der Waals surface area (Å²) < 4.78 is 11.0. The maximum atomic E-state index is 11.6. The van der Waals surface area contributed by atoms with E-state index >= 15 is 0 Å². The van der Waals surface area contributed by atoms with Crippen molar-refractivity contribution in [1.82, 2.24) is 5.32 Å². The molecular weight excluding hydrogens is 378 g/mol. The van der Waals surface area contributed by atoms with Gasteiger partial charge >= 0.3 is 0 Å². The summed E-state index contributed by atoms with van der Waals surface area (Å²) in [4.78, 5) is 11.6. The fourth-order valence-electron chi connectivity index (χ4n) is 2.82. The molecule has 3 rings (SSSR count). The summed E-state index contributed by atoms with van der Waals surface area (Å²) in [6.07, 6.45) is 1.76. The van der Waals surface area contributed by atoms with Crippen molar-refractivity contribution in [3.05, 3.63) is 84.4 Å². The van der Waals surface area contributed by atoms with Gasteiger partial charge in [0.05, 0.1) is 24.7 Å². The predicted molar refractivity (Wildman–Crippen MR) is 120 cm³/mol. The SMILES string of the molecule is CCNC(=O)COc1ccc(/C=N\N(c2ccccc2)c2ccccc2)cc1OC. The number of hydrazone groups is 1. The molecule has 0 radical (unpaired) electrons. The predicted octanol–water partition coefficient (Wildman–Crippen LogP) is 4.38. The second kappa shape index (κ2) is 10.7. The van der Waals surface area contributed by atoms with Crippen LogP contribution in [0.25, 0.3) is 0 Å². The number of ether oxygens (including phenoxy) is 2. The van der Waals surface area contributed by atoms with Gasteiger partial charge in [0.2, 0.25) is 0 Å². The Morgan fingerprint density at radius 2 is 1.60 bits per heavy atom. The van der Waals surface area contributed by atoms with Gasteiger partial charge in [-0.05, 0) is 55.0 Å². The standard InChI is InChI=1S/C24H25N3O3/c1-3-25-24(28)18-30-22-15-14-19(16-23(22)29-2)17-26-27(20-10-6-4-7-11-20)21-12-8-5-9-13-21/h4-17H,3,18H2,1-2H3,(H,25,28)/b26-17-. The Morgan fingerprint density at radius 3 is 2.17 bits per heavy atom. The number of anilines is 2. The summed E-state index contributed by atoms with van der Waals surface area (Å²) in [7, 11) is 1.56. The van der Waals surface area contributed by atoms with E-state index in [1.165, 1.54) is 0 Å². The van der Waals surface area contributed by atoms with Crippen LogP contribution in [0.1, 0.15) is 12.5 Å². The van der Waals surface area contributed by atoms with Crippen molar-refractivity contribution in [1.29, 1.82) is 0 Å². The normalized spacial score (nSPS) is 10.6. The van der Waals surface area contributed by atoms with Gasteiger partial charge in [0.25, 0.3) is 5.91 Å². The first-order chi connectivity index (χ1) is 14.7. The molecule has 0 heterocycles. The van der Waals surface area contributed by atoms with Crippen molar-refractivity contribution < 1.29 is 14.3 Å². The number of hydrogen-bond acceptors (Lipinski definition) is 5. The molecule has 0 bridgehead atoms. The molecule has 30 heavy (non-hydrogen) atoms. The van der Waals surface area contributed by atoms with Crippen LogP contribution in [0.5, 0.6) is 11.5 Å². The van der Waals surface area contributed by atoms with Gasteiger partial charge in [0, 0.05) is 6.54 Å². The van der Waals surface area contributed by atoms with Crippen LogP contribution < -0.4 is 19.8 Å². The average molecular weight is 403 g/mol. The first-order valence-electron chi connectivity index (χ1n) is 9.73. The van der Waals surface area contributed by atoms with E-state index in [0.29, 0.717) is 18.0 Å². The number of nitrogens with zero attached hydrogens (tertiary/aromatic N) is 2. The number of benzene rings is 3. The lowest BCUT2D eigenvalue weighted by atomic mass is 10.2. The minimum atomic E-state index is -0.174. The van der Waals surface area contributed by atoms with Crippen molar-refractivity contribution in [2.24, 2.45) is 5.10 Å². The second-order valence-electron chi connectivity index (χ2n) is 6.38. The zero-order valence-corrected chi connectivity index (χ0v) is 17.1. The monoisotopic (exact) mass is 403 g/mol. The van der Waals surface area contributed by atoms with Crippen LogP contribution in [-0.2, 0) is 4.79 Å². The average Bonchev–Trinajstić information content (AvgIpc) is 2.80. The Morgan fingerprint density at radius 1 is 0.967 bits per heavy atom. The third-order valence-corrected chi connectivity index (χ3v) is 4.24. The Labute approximate surface area is 176 Å². The van der Waals surface area contributed by atoms with Crippen LogP contribution in [0, 0.1) is 0 Å². The van der Waals surface area contributed by atoms with Gasteiger partial charge in [-0.2, -0.15) is 5.10 Å². The topological polar surface area (TPSA) is 63.2 Å². The third kappa shape index (κ3) is 5.61. The van der Waals surface area contributed by atoms with Crippen molar-refractivity contribution >= 4 is 23.5 Å². The highest BCUT2D eigenvalue weighted by molar-refractivity contribution is 5.83. The van der Waals surface area contributed by atoms with Crippen LogP contribution in [0.15, 0.2) is 84.0 Å². The van der Waals surface area contributed by atoms with Crippen molar-refractivity contribution in [3.8, 4) is 11.5 Å². The lowest BCUT2D eigenvalue weighted by molar-refractivity contribution is -0.123. The maximum absolute atomic E-state index is 11.6. The van der Waals surface area contributed by atoms with E-state index < -0.39 is 0 Å². The van der Waals surface area contributed by atoms with Gasteiger partial charge in [-0.25, -0.2) is 5.01 Å². The summed E-state index contributed by atoms with van der Waals surface area (Å²) in [5, 5.41) is 9.25. The maximum Gasteiger partial charge on any atom is 0.257 e. The van der Waals surface area contributed by atoms with E-state index in [9.17, 15) is 4.79 Å². The number of likely N-dealkylation sites (N-methyl/N-ethyl adjacent to an activating group) is 1. The summed E-state index contributed by atoms with van der Waals surface area (Å²) in [5.74, 6) is 0.865. The summed E-state index contributed by atoms with van der Waals surface area (Å²) >= 11 is 0. The molecule has 0 aliphatic rings. The Bertz CT molecular complexity index is 936. The van der Waals surface area contributed by atoms with E-state index in [0.717, 1.165) is 16.9 Å². The molecule has 1 amide bonds. The summed E-state index contributed by atoms with van der Waals surface area (Å²) in [6, 6.07) is 25.3. The number of amides is 1. The van der Waals surface area contributed by atoms with Crippen LogP contribution in [0.4, 0.5) is 11.4 Å². The number of methoxy groups -OCH3 is 1. The molecule has 0 fully saturated rings. The lowest BCUT2D eigenvalue weighted by Gasteiger charge is -2.19. The van der Waals surface area contributed by atoms with E-state index in [2.05, 4.69) is 10.4 Å². The number of rotatable bonds is 9. The van der Waals surface area contributed by atoms with Gasteiger partial charge in [-0.15, -0.1) is 0 Å². The largest absolute Gasteiger partial charge is 0.493 e. The summed E-state index contributed by atoms with van der Waals surface area (Å²) in [5.41, 5.74) is 2.75. The highest BCUT2D eigenvalue weighted by atomic mass is 16.5. The number of hydrogen-bond donors (Lipinski definition) is 1. The smallest absolute Gasteiger partial charge is 0.257 e. The van der Waals surface area contributed by atoms with Gasteiger partial charge in [-0.3, -0.25) is 4.79 Å². The molecular formula is C24H25N3O3. The quantitative estimate of drug-likeness (QED) is 0.425. The molecule has 0 atom stereocenters. The summed E-state index contributed by atoms with van der Waals surface area (Å²) in [6.45, 7) is 2.36. The highest BCUT2D eigenvalue weighted by Gasteiger charge is 2.09. The van der Waals surface area contributed by atoms with Crippen molar-refractivity contribution in [2.75, 3.05) is 25.3 Å². The lowest BCUT2D eigenvalue weighted by Crippen LogP contribution is -2.28. The number of nitrogens with one attached hydrogen (secondary N) is 1. The highest BCUT2D eigenvalue weighted by Crippen LogP contribution is 2.28. The van der Waals surface area contributed by atoms with Crippen molar-refractivity contribution in [3.63, 3.8) is 0 Å². The van der Waals surface area contributed by atoms with E-state index in [1.54, 1.807) is 19.4 Å². The van der Waals surface area contributed by atoms with Crippen LogP contribution in [-0.4, -0.2) is 32.4 Å². The molecule has 0 aliphatic heterocycles. The van der Waals surface area contributed by atoms with Gasteiger partial charge in [0.1, 0.15) is 0 Å². The molecule has 3 aromatic rings. The fourth-order valence-corrected chi connectivity index (χ4v) is 2.82. The second-order valence-corrected chi connectivity index (χ2v) is 6.38. The molecule has 0 spiro atoms. The number of carbonyl (C=O) groups excluding carboxylic acids is 1. The zero-order valence-electron chi connectivity index (χ0n) is 17.1. The van der Waals surface area contributed by atoms with Gasteiger partial charge in [-0.1, -0.05) is 36.4 Å². The van der Waals surface area contributed by atoms with Crippen LogP contribution >= 0.6 is 0 Å². The minimum absolute atomic E-state index is 0.0621. The molecule has 0 unspecified atom stereocenters. The molecule has 1 N–H and O–H groups in total. The fraction of sp³-hybridized carbons (Fsp3) is 0.167. The Kier molecular flexibility index (Phi) is 7.44. The Balaban J connectivity index is 1.81.